The first-order valence-corrected chi connectivity index (χ1v) is 10.7. The van der Waals surface area contributed by atoms with Gasteiger partial charge >= 0.3 is 0 Å². The third kappa shape index (κ3) is 4.06. The fourth-order valence-electron chi connectivity index (χ4n) is 4.11. The van der Waals surface area contributed by atoms with Crippen molar-refractivity contribution in [3.05, 3.63) is 88.9 Å². The Morgan fingerprint density at radius 3 is 2.41 bits per heavy atom. The minimum absolute atomic E-state index is 0.480. The predicted molar refractivity (Wildman–Crippen MR) is 129 cm³/mol. The molecule has 0 aliphatic heterocycles. The zero-order valence-electron chi connectivity index (χ0n) is 19.1. The summed E-state index contributed by atoms with van der Waals surface area (Å²) in [7, 11) is 1.69. The first-order chi connectivity index (χ1) is 15.5. The van der Waals surface area contributed by atoms with Crippen molar-refractivity contribution in [2.75, 3.05) is 13.7 Å². The van der Waals surface area contributed by atoms with Gasteiger partial charge in [0.1, 0.15) is 18.1 Å². The van der Waals surface area contributed by atoms with E-state index >= 15 is 0 Å². The average Bonchev–Trinajstić information content (AvgIpc) is 2.79. The third-order valence-corrected chi connectivity index (χ3v) is 5.43. The number of pyridine rings is 2. The highest BCUT2D eigenvalue weighted by atomic mass is 16.6. The molecule has 5 nitrogen and oxygen atoms in total. The molecule has 4 rings (SSSR count). The Morgan fingerprint density at radius 1 is 0.969 bits per heavy atom. The lowest BCUT2D eigenvalue weighted by atomic mass is 9.91. The predicted octanol–water partition coefficient (Wildman–Crippen LogP) is 6.02. The number of methoxy groups -OCH3 is 1. The number of rotatable bonds is 6. The minimum Gasteiger partial charge on any atom is -0.497 e. The van der Waals surface area contributed by atoms with Crippen molar-refractivity contribution in [1.29, 1.82) is 0 Å². The number of fused-ring (bicyclic) bond motifs is 1. The molecule has 0 amide bonds. The Balaban J connectivity index is 2.01. The maximum absolute atomic E-state index is 5.49. The van der Waals surface area contributed by atoms with Crippen LogP contribution in [0.5, 0.6) is 5.75 Å². The highest BCUT2D eigenvalue weighted by molar-refractivity contribution is 6.19. The number of benzene rings is 2. The van der Waals surface area contributed by atoms with Gasteiger partial charge in [0.05, 0.1) is 18.3 Å². The maximum Gasteiger partial charge on any atom is 0.136 e. The number of para-hydroxylation sites is 1. The van der Waals surface area contributed by atoms with Gasteiger partial charge in [0.2, 0.25) is 0 Å². The smallest absolute Gasteiger partial charge is 0.136 e. The summed E-state index contributed by atoms with van der Waals surface area (Å²) < 4.78 is 5.46. The van der Waals surface area contributed by atoms with E-state index in [0.717, 1.165) is 50.3 Å². The Bertz CT molecular complexity index is 1270. The van der Waals surface area contributed by atoms with Crippen LogP contribution in [-0.2, 0) is 4.84 Å². The van der Waals surface area contributed by atoms with Gasteiger partial charge < -0.3 is 9.57 Å². The summed E-state index contributed by atoms with van der Waals surface area (Å²) in [5, 5.41) is 5.45. The van der Waals surface area contributed by atoms with Gasteiger partial charge in [-0.05, 0) is 74.7 Å². The van der Waals surface area contributed by atoms with Crippen molar-refractivity contribution in [1.82, 2.24) is 9.97 Å². The van der Waals surface area contributed by atoms with E-state index in [2.05, 4.69) is 54.3 Å². The average molecular weight is 426 g/mol. The molecule has 0 spiro atoms. The van der Waals surface area contributed by atoms with E-state index in [0.29, 0.717) is 12.3 Å². The second kappa shape index (κ2) is 9.18. The molecule has 0 saturated heterocycles. The maximum atomic E-state index is 5.49. The van der Waals surface area contributed by atoms with Crippen LogP contribution < -0.4 is 4.74 Å². The molecular weight excluding hydrogens is 398 g/mol. The van der Waals surface area contributed by atoms with Crippen LogP contribution in [0.3, 0.4) is 0 Å². The zero-order valence-corrected chi connectivity index (χ0v) is 19.1. The number of aromatic nitrogens is 2. The standard InChI is InChI=1S/C27H27N3O2/c1-6-32-30-27(24-12-7-8-13-28-24)23-16-19(4)29-26-21(23)10-9-11-22(26)25-17(2)14-20(31-5)15-18(25)3/h7-16H,6H2,1-5H3. The molecule has 0 radical (unpaired) electrons. The van der Waals surface area contributed by atoms with E-state index in [1.54, 1.807) is 13.3 Å². The van der Waals surface area contributed by atoms with Crippen LogP contribution in [0.4, 0.5) is 0 Å². The van der Waals surface area contributed by atoms with Gasteiger partial charge in [0.25, 0.3) is 0 Å². The molecule has 0 bridgehead atoms. The first-order valence-electron chi connectivity index (χ1n) is 10.7. The Hall–Kier alpha value is -3.73. The Morgan fingerprint density at radius 2 is 1.75 bits per heavy atom. The Kier molecular flexibility index (Phi) is 6.17. The second-order valence-corrected chi connectivity index (χ2v) is 7.72. The fourth-order valence-corrected chi connectivity index (χ4v) is 4.11. The first kappa shape index (κ1) is 21.5. The van der Waals surface area contributed by atoms with Gasteiger partial charge in [-0.3, -0.25) is 9.97 Å². The van der Waals surface area contributed by atoms with Crippen molar-refractivity contribution >= 4 is 16.6 Å². The normalized spacial score (nSPS) is 11.6. The van der Waals surface area contributed by atoms with Crippen molar-refractivity contribution in [2.24, 2.45) is 5.16 Å². The van der Waals surface area contributed by atoms with E-state index in [-0.39, 0.29) is 0 Å². The number of nitrogens with zero attached hydrogens (tertiary/aromatic N) is 3. The number of hydrogen-bond acceptors (Lipinski definition) is 5. The highest BCUT2D eigenvalue weighted by Crippen LogP contribution is 2.36. The van der Waals surface area contributed by atoms with Crippen molar-refractivity contribution in [2.45, 2.75) is 27.7 Å². The number of aryl methyl sites for hydroxylation is 3. The highest BCUT2D eigenvalue weighted by Gasteiger charge is 2.18. The van der Waals surface area contributed by atoms with Crippen LogP contribution >= 0.6 is 0 Å². The molecule has 4 aromatic rings. The Labute approximate surface area is 188 Å². The molecule has 32 heavy (non-hydrogen) atoms. The van der Waals surface area contributed by atoms with E-state index in [1.165, 1.54) is 5.56 Å². The van der Waals surface area contributed by atoms with Gasteiger partial charge in [-0.15, -0.1) is 0 Å². The van der Waals surface area contributed by atoms with E-state index in [4.69, 9.17) is 14.6 Å². The molecule has 0 aliphatic rings. The largest absolute Gasteiger partial charge is 0.497 e. The van der Waals surface area contributed by atoms with Crippen LogP contribution in [0.25, 0.3) is 22.0 Å². The molecule has 2 aromatic heterocycles. The summed E-state index contributed by atoms with van der Waals surface area (Å²) in [4.78, 5) is 15.0. The molecular formula is C27H27N3O2. The monoisotopic (exact) mass is 425 g/mol. The van der Waals surface area contributed by atoms with Crippen molar-refractivity contribution in [3.63, 3.8) is 0 Å². The van der Waals surface area contributed by atoms with Gasteiger partial charge in [0.15, 0.2) is 0 Å². The zero-order chi connectivity index (χ0) is 22.7. The van der Waals surface area contributed by atoms with Gasteiger partial charge in [0, 0.05) is 28.4 Å². The molecule has 5 heteroatoms. The topological polar surface area (TPSA) is 56.6 Å². The number of ether oxygens (including phenoxy) is 1. The molecule has 0 atom stereocenters. The molecule has 0 N–H and O–H groups in total. The van der Waals surface area contributed by atoms with Gasteiger partial charge in [-0.2, -0.15) is 0 Å². The van der Waals surface area contributed by atoms with Crippen LogP contribution in [0, 0.1) is 20.8 Å². The summed E-state index contributed by atoms with van der Waals surface area (Å²) in [6, 6.07) is 18.2. The second-order valence-electron chi connectivity index (χ2n) is 7.72. The lowest BCUT2D eigenvalue weighted by Crippen LogP contribution is -2.09. The van der Waals surface area contributed by atoms with Crippen LogP contribution in [-0.4, -0.2) is 29.4 Å². The molecule has 0 unspecified atom stereocenters. The lowest BCUT2D eigenvalue weighted by Gasteiger charge is -2.16. The van der Waals surface area contributed by atoms with Crippen LogP contribution in [0.1, 0.15) is 35.0 Å². The van der Waals surface area contributed by atoms with Gasteiger partial charge in [-0.25, -0.2) is 0 Å². The summed E-state index contributed by atoms with van der Waals surface area (Å²) in [6.07, 6.45) is 1.77. The van der Waals surface area contributed by atoms with E-state index in [1.807, 2.05) is 38.1 Å². The van der Waals surface area contributed by atoms with E-state index in [9.17, 15) is 0 Å². The van der Waals surface area contributed by atoms with Crippen LogP contribution in [0.15, 0.2) is 65.9 Å². The summed E-state index contributed by atoms with van der Waals surface area (Å²) in [5.74, 6) is 0.857. The molecule has 2 heterocycles. The van der Waals surface area contributed by atoms with Crippen molar-refractivity contribution in [3.8, 4) is 16.9 Å². The summed E-state index contributed by atoms with van der Waals surface area (Å²) >= 11 is 0. The van der Waals surface area contributed by atoms with Crippen LogP contribution in [0.2, 0.25) is 0 Å². The lowest BCUT2D eigenvalue weighted by molar-refractivity contribution is 0.159. The molecule has 0 saturated carbocycles. The van der Waals surface area contributed by atoms with E-state index < -0.39 is 0 Å². The number of hydrogen-bond donors (Lipinski definition) is 0. The SMILES string of the molecule is CCON=C(c1ccccn1)c1cc(C)nc2c(-c3c(C)cc(OC)cc3C)cccc12. The molecule has 0 fully saturated rings. The molecule has 2 aromatic carbocycles. The summed E-state index contributed by atoms with van der Waals surface area (Å²) in [5.41, 5.74) is 8.79. The third-order valence-electron chi connectivity index (χ3n) is 5.43. The molecule has 0 aliphatic carbocycles. The minimum atomic E-state index is 0.480. The fraction of sp³-hybridized carbons (Fsp3) is 0.222. The quantitative estimate of drug-likeness (QED) is 0.280. The number of oxime groups is 1. The summed E-state index contributed by atoms with van der Waals surface area (Å²) in [6.45, 7) is 8.62. The molecule has 162 valence electrons. The van der Waals surface area contributed by atoms with Gasteiger partial charge in [-0.1, -0.05) is 29.4 Å². The van der Waals surface area contributed by atoms with Crippen molar-refractivity contribution < 1.29 is 9.57 Å².